The highest BCUT2D eigenvalue weighted by atomic mass is 16.3. The van der Waals surface area contributed by atoms with Gasteiger partial charge in [-0.25, -0.2) is 4.98 Å². The zero-order chi connectivity index (χ0) is 17.2. The second-order valence-corrected chi connectivity index (χ2v) is 6.29. The van der Waals surface area contributed by atoms with Gasteiger partial charge in [-0.1, -0.05) is 17.7 Å². The van der Waals surface area contributed by atoms with Gasteiger partial charge in [-0.3, -0.25) is 4.68 Å². The van der Waals surface area contributed by atoms with Gasteiger partial charge in [-0.2, -0.15) is 5.10 Å². The van der Waals surface area contributed by atoms with Crippen molar-refractivity contribution in [2.24, 2.45) is 7.05 Å². The average molecular weight is 326 g/mol. The van der Waals surface area contributed by atoms with Gasteiger partial charge < -0.3 is 14.8 Å². The molecule has 0 saturated carbocycles. The van der Waals surface area contributed by atoms with Crippen molar-refractivity contribution in [2.75, 3.05) is 6.54 Å². The van der Waals surface area contributed by atoms with Crippen molar-refractivity contribution in [1.29, 1.82) is 0 Å². The number of nitrogens with zero attached hydrogens (tertiary/aromatic N) is 3. The number of nitrogens with one attached hydrogen (secondary N) is 1. The number of aromatic nitrogens is 3. The van der Waals surface area contributed by atoms with Gasteiger partial charge in [0.25, 0.3) is 0 Å². The van der Waals surface area contributed by atoms with Crippen LogP contribution in [0.3, 0.4) is 0 Å². The molecular weight excluding hydrogens is 304 g/mol. The number of hydrogen-bond donors (Lipinski definition) is 2. The third-order valence-corrected chi connectivity index (χ3v) is 3.95. The van der Waals surface area contributed by atoms with E-state index in [2.05, 4.69) is 15.4 Å². The number of oxazole rings is 1. The van der Waals surface area contributed by atoms with E-state index >= 15 is 0 Å². The largest absolute Gasteiger partial charge is 0.444 e. The standard InChI is InChI=1S/C18H22N4O2/c1-13-4-6-14(7-5-13)17-21-16(11-24-17)9-19-12-18(2,23)15-8-20-22(3)10-15/h4-8,10-11,19,23H,9,12H2,1-3H3. The molecule has 6 heteroatoms. The first-order valence-electron chi connectivity index (χ1n) is 7.88. The molecule has 2 N–H and O–H groups in total. The molecule has 24 heavy (non-hydrogen) atoms. The summed E-state index contributed by atoms with van der Waals surface area (Å²) in [5.74, 6) is 0.603. The molecule has 1 aromatic carbocycles. The molecule has 0 radical (unpaired) electrons. The second kappa shape index (κ2) is 6.59. The van der Waals surface area contributed by atoms with E-state index in [9.17, 15) is 5.11 Å². The smallest absolute Gasteiger partial charge is 0.226 e. The number of aryl methyl sites for hydroxylation is 2. The van der Waals surface area contributed by atoms with E-state index in [0.717, 1.165) is 16.8 Å². The molecule has 0 aliphatic carbocycles. The molecule has 6 nitrogen and oxygen atoms in total. The van der Waals surface area contributed by atoms with Crippen molar-refractivity contribution >= 4 is 0 Å². The molecule has 0 spiro atoms. The van der Waals surface area contributed by atoms with Crippen LogP contribution in [-0.4, -0.2) is 26.4 Å². The van der Waals surface area contributed by atoms with E-state index in [1.807, 2.05) is 44.4 Å². The SMILES string of the molecule is Cc1ccc(-c2nc(CNCC(C)(O)c3cnn(C)c3)co2)cc1. The third-order valence-electron chi connectivity index (χ3n) is 3.95. The molecule has 3 aromatic rings. The lowest BCUT2D eigenvalue weighted by molar-refractivity contribution is 0.0565. The highest BCUT2D eigenvalue weighted by Crippen LogP contribution is 2.20. The minimum Gasteiger partial charge on any atom is -0.444 e. The molecule has 0 aliphatic heterocycles. The number of aliphatic hydroxyl groups is 1. The highest BCUT2D eigenvalue weighted by molar-refractivity contribution is 5.53. The van der Waals surface area contributed by atoms with Crippen LogP contribution in [0.4, 0.5) is 0 Å². The highest BCUT2D eigenvalue weighted by Gasteiger charge is 2.24. The molecule has 1 atom stereocenters. The van der Waals surface area contributed by atoms with Crippen molar-refractivity contribution in [2.45, 2.75) is 26.0 Å². The quantitative estimate of drug-likeness (QED) is 0.727. The van der Waals surface area contributed by atoms with Gasteiger partial charge >= 0.3 is 0 Å². The fraction of sp³-hybridized carbons (Fsp3) is 0.333. The molecule has 1 unspecified atom stereocenters. The molecule has 0 amide bonds. The van der Waals surface area contributed by atoms with E-state index in [4.69, 9.17) is 4.42 Å². The Balaban J connectivity index is 1.58. The molecule has 126 valence electrons. The predicted molar refractivity (Wildman–Crippen MR) is 91.2 cm³/mol. The molecule has 0 bridgehead atoms. The number of hydrogen-bond acceptors (Lipinski definition) is 5. The van der Waals surface area contributed by atoms with Crippen LogP contribution in [0, 0.1) is 6.92 Å². The molecule has 3 rings (SSSR count). The monoisotopic (exact) mass is 326 g/mol. The molecule has 0 fully saturated rings. The van der Waals surface area contributed by atoms with Crippen LogP contribution in [0.15, 0.2) is 47.3 Å². The van der Waals surface area contributed by atoms with Crippen molar-refractivity contribution in [3.8, 4) is 11.5 Å². The van der Waals surface area contributed by atoms with Gasteiger partial charge in [-0.05, 0) is 26.0 Å². The van der Waals surface area contributed by atoms with Gasteiger partial charge in [0.05, 0.1) is 11.9 Å². The summed E-state index contributed by atoms with van der Waals surface area (Å²) in [6.45, 7) is 4.72. The maximum atomic E-state index is 10.5. The van der Waals surface area contributed by atoms with E-state index in [-0.39, 0.29) is 0 Å². The Morgan fingerprint density at radius 1 is 1.29 bits per heavy atom. The first-order valence-corrected chi connectivity index (χ1v) is 7.88. The van der Waals surface area contributed by atoms with Crippen molar-refractivity contribution < 1.29 is 9.52 Å². The van der Waals surface area contributed by atoms with Crippen LogP contribution in [-0.2, 0) is 19.2 Å². The van der Waals surface area contributed by atoms with Crippen LogP contribution in [0.25, 0.3) is 11.5 Å². The lowest BCUT2D eigenvalue weighted by atomic mass is 10.00. The van der Waals surface area contributed by atoms with Gasteiger partial charge in [0, 0.05) is 37.5 Å². The maximum absolute atomic E-state index is 10.5. The van der Waals surface area contributed by atoms with Crippen LogP contribution < -0.4 is 5.32 Å². The first kappa shape index (κ1) is 16.4. The predicted octanol–water partition coefficient (Wildman–Crippen LogP) is 2.38. The molecule has 2 aromatic heterocycles. The summed E-state index contributed by atoms with van der Waals surface area (Å²) >= 11 is 0. The number of benzene rings is 1. The lowest BCUT2D eigenvalue weighted by Crippen LogP contribution is -2.34. The molecule has 2 heterocycles. The Morgan fingerprint density at radius 2 is 2.04 bits per heavy atom. The van der Waals surface area contributed by atoms with Crippen LogP contribution >= 0.6 is 0 Å². The zero-order valence-corrected chi connectivity index (χ0v) is 14.2. The summed E-state index contributed by atoms with van der Waals surface area (Å²) in [7, 11) is 1.83. The van der Waals surface area contributed by atoms with E-state index in [0.29, 0.717) is 19.0 Å². The van der Waals surface area contributed by atoms with Crippen molar-refractivity contribution in [3.63, 3.8) is 0 Å². The van der Waals surface area contributed by atoms with Crippen molar-refractivity contribution in [3.05, 3.63) is 59.7 Å². The lowest BCUT2D eigenvalue weighted by Gasteiger charge is -2.22. The summed E-state index contributed by atoms with van der Waals surface area (Å²) in [6.07, 6.45) is 5.13. The summed E-state index contributed by atoms with van der Waals surface area (Å²) < 4.78 is 7.21. The summed E-state index contributed by atoms with van der Waals surface area (Å²) in [5, 5.41) is 17.8. The van der Waals surface area contributed by atoms with Crippen LogP contribution in [0.1, 0.15) is 23.7 Å². The first-order chi connectivity index (χ1) is 11.4. The summed E-state index contributed by atoms with van der Waals surface area (Å²) in [4.78, 5) is 4.48. The zero-order valence-electron chi connectivity index (χ0n) is 14.2. The number of rotatable bonds is 6. The van der Waals surface area contributed by atoms with Crippen LogP contribution in [0.5, 0.6) is 0 Å². The van der Waals surface area contributed by atoms with Crippen LogP contribution in [0.2, 0.25) is 0 Å². The minimum absolute atomic E-state index is 0.394. The summed E-state index contributed by atoms with van der Waals surface area (Å²) in [6, 6.07) is 8.04. The van der Waals surface area contributed by atoms with Crippen molar-refractivity contribution in [1.82, 2.24) is 20.1 Å². The normalized spacial score (nSPS) is 13.8. The Kier molecular flexibility index (Phi) is 4.51. The Hall–Kier alpha value is -2.44. The molecular formula is C18H22N4O2. The molecule has 0 aliphatic rings. The Labute approximate surface area is 141 Å². The van der Waals surface area contributed by atoms with Gasteiger partial charge in [-0.15, -0.1) is 0 Å². The third kappa shape index (κ3) is 3.72. The Morgan fingerprint density at radius 3 is 2.71 bits per heavy atom. The van der Waals surface area contributed by atoms with Gasteiger partial charge in [0.15, 0.2) is 0 Å². The van der Waals surface area contributed by atoms with E-state index < -0.39 is 5.60 Å². The minimum atomic E-state index is -0.988. The Bertz CT molecular complexity index is 803. The fourth-order valence-electron chi connectivity index (χ4n) is 2.45. The molecule has 0 saturated heterocycles. The van der Waals surface area contributed by atoms with E-state index in [1.165, 1.54) is 5.56 Å². The van der Waals surface area contributed by atoms with Gasteiger partial charge in [0.1, 0.15) is 11.9 Å². The van der Waals surface area contributed by atoms with Gasteiger partial charge in [0.2, 0.25) is 5.89 Å². The second-order valence-electron chi connectivity index (χ2n) is 6.29. The average Bonchev–Trinajstić information content (AvgIpc) is 3.17. The maximum Gasteiger partial charge on any atom is 0.226 e. The summed E-state index contributed by atoms with van der Waals surface area (Å²) in [5.41, 5.74) is 2.74. The van der Waals surface area contributed by atoms with E-state index in [1.54, 1.807) is 24.1 Å². The topological polar surface area (TPSA) is 76.1 Å². The fourth-order valence-corrected chi connectivity index (χ4v) is 2.45.